The van der Waals surface area contributed by atoms with Crippen molar-refractivity contribution in [1.29, 1.82) is 0 Å². The van der Waals surface area contributed by atoms with E-state index in [-0.39, 0.29) is 35.7 Å². The van der Waals surface area contributed by atoms with Crippen molar-refractivity contribution in [2.45, 2.75) is 10.8 Å². The van der Waals surface area contributed by atoms with Gasteiger partial charge in [0.2, 0.25) is 0 Å². The lowest BCUT2D eigenvalue weighted by Gasteiger charge is -2.09. The second-order valence-electron chi connectivity index (χ2n) is 2.38. The summed E-state index contributed by atoms with van der Waals surface area (Å²) in [6.45, 7) is 0.188. The van der Waals surface area contributed by atoms with Crippen molar-refractivity contribution in [2.75, 3.05) is 25.0 Å². The van der Waals surface area contributed by atoms with Gasteiger partial charge in [-0.25, -0.2) is 0 Å². The number of halogens is 4. The van der Waals surface area contributed by atoms with E-state index in [1.807, 2.05) is 0 Å². The molecule has 0 fully saturated rings. The third-order valence-electron chi connectivity index (χ3n) is 1.10. The maximum absolute atomic E-state index is 11.0. The van der Waals surface area contributed by atoms with Crippen LogP contribution in [0.3, 0.4) is 0 Å². The fourth-order valence-corrected chi connectivity index (χ4v) is 1.72. The average Bonchev–Trinajstić information content (AvgIpc) is 2.22. The van der Waals surface area contributed by atoms with Crippen molar-refractivity contribution in [3.05, 3.63) is 0 Å². The summed E-state index contributed by atoms with van der Waals surface area (Å²) >= 11 is 22.0. The Labute approximate surface area is 104 Å². The average molecular weight is 304 g/mol. The van der Waals surface area contributed by atoms with E-state index in [1.54, 1.807) is 0 Å². The minimum absolute atomic E-state index is 0.0939. The summed E-state index contributed by atoms with van der Waals surface area (Å²) in [4.78, 5) is 0. The predicted molar refractivity (Wildman–Crippen MR) is 61.6 cm³/mol. The summed E-state index contributed by atoms with van der Waals surface area (Å²) in [6.07, 6.45) is 0. The molecule has 0 aliphatic carbocycles. The minimum atomic E-state index is -2.54. The van der Waals surface area contributed by atoms with Crippen molar-refractivity contribution < 1.29 is 13.6 Å². The highest BCUT2D eigenvalue weighted by Crippen LogP contribution is 2.25. The Morgan fingerprint density at radius 2 is 1.36 bits per heavy atom. The summed E-state index contributed by atoms with van der Waals surface area (Å²) in [5.74, 6) is 0.465. The molecule has 0 rings (SSSR count). The summed E-state index contributed by atoms with van der Waals surface area (Å²) < 4.78 is 20.6. The molecule has 0 aromatic rings. The van der Waals surface area contributed by atoms with E-state index in [0.717, 1.165) is 0 Å². The maximum Gasteiger partial charge on any atom is 0.319 e. The van der Waals surface area contributed by atoms with Gasteiger partial charge in [0.05, 0.1) is 24.0 Å². The second kappa shape index (κ2) is 9.53. The first kappa shape index (κ1) is 15.3. The Kier molecular flexibility index (Phi) is 10.4. The molecule has 2 unspecified atom stereocenters. The quantitative estimate of drug-likeness (QED) is 0.510. The van der Waals surface area contributed by atoms with Crippen LogP contribution in [0.2, 0.25) is 0 Å². The molecule has 2 atom stereocenters. The van der Waals surface area contributed by atoms with Crippen LogP contribution in [0.15, 0.2) is 0 Å². The Morgan fingerprint density at radius 3 is 1.64 bits per heavy atom. The van der Waals surface area contributed by atoms with Gasteiger partial charge in [0.1, 0.15) is 0 Å². The zero-order valence-electron chi connectivity index (χ0n) is 7.22. The minimum Gasteiger partial charge on any atom is -0.309 e. The number of rotatable bonds is 8. The molecule has 14 heavy (non-hydrogen) atoms. The van der Waals surface area contributed by atoms with E-state index in [4.69, 9.17) is 55.5 Å². The molecule has 0 aliphatic rings. The van der Waals surface area contributed by atoms with Gasteiger partial charge >= 0.3 is 8.25 Å². The smallest absolute Gasteiger partial charge is 0.309 e. The topological polar surface area (TPSA) is 35.5 Å². The van der Waals surface area contributed by atoms with E-state index < -0.39 is 8.25 Å². The molecule has 0 aromatic carbocycles. The van der Waals surface area contributed by atoms with Crippen LogP contribution in [0.5, 0.6) is 0 Å². The van der Waals surface area contributed by atoms with Crippen molar-refractivity contribution >= 4 is 54.7 Å². The van der Waals surface area contributed by atoms with E-state index >= 15 is 0 Å². The molecule has 0 spiro atoms. The van der Waals surface area contributed by atoms with Crippen LogP contribution in [0.25, 0.3) is 0 Å². The van der Waals surface area contributed by atoms with E-state index in [1.165, 1.54) is 0 Å². The van der Waals surface area contributed by atoms with Crippen molar-refractivity contribution in [2.24, 2.45) is 0 Å². The zero-order chi connectivity index (χ0) is 11.0. The van der Waals surface area contributed by atoms with Gasteiger partial charge < -0.3 is 9.05 Å². The van der Waals surface area contributed by atoms with Gasteiger partial charge in [0.25, 0.3) is 0 Å². The maximum atomic E-state index is 11.0. The van der Waals surface area contributed by atoms with Gasteiger partial charge in [-0.3, -0.25) is 4.57 Å². The van der Waals surface area contributed by atoms with Gasteiger partial charge in [-0.15, -0.1) is 46.4 Å². The van der Waals surface area contributed by atoms with E-state index in [9.17, 15) is 4.57 Å². The lowest BCUT2D eigenvalue weighted by atomic mass is 10.5. The lowest BCUT2D eigenvalue weighted by Crippen LogP contribution is -2.10. The van der Waals surface area contributed by atoms with Gasteiger partial charge in [0, 0.05) is 11.8 Å². The van der Waals surface area contributed by atoms with Crippen LogP contribution in [-0.4, -0.2) is 35.7 Å². The molecule has 8 heteroatoms. The van der Waals surface area contributed by atoms with E-state index in [0.29, 0.717) is 0 Å². The molecule has 0 saturated heterocycles. The molecular formula is C6H11Cl4O3P. The summed E-state index contributed by atoms with van der Waals surface area (Å²) in [7, 11) is -2.54. The fourth-order valence-electron chi connectivity index (χ4n) is 0.448. The Hall–Kier alpha value is 1.31. The molecule has 86 valence electrons. The highest BCUT2D eigenvalue weighted by atomic mass is 35.5. The normalized spacial score (nSPS) is 17.7. The fraction of sp³-hybridized carbons (Fsp3) is 1.00. The van der Waals surface area contributed by atoms with Gasteiger partial charge in [-0.05, 0) is 0 Å². The molecule has 0 heterocycles. The largest absolute Gasteiger partial charge is 0.319 e. The summed E-state index contributed by atoms with van der Waals surface area (Å²) in [5, 5.41) is -0.733. The van der Waals surface area contributed by atoms with Crippen molar-refractivity contribution in [1.82, 2.24) is 0 Å². The van der Waals surface area contributed by atoms with Crippen molar-refractivity contribution in [3.8, 4) is 0 Å². The SMILES string of the molecule is O=[PH](OCC(Cl)CCl)OCC(Cl)CCl. The monoisotopic (exact) mass is 302 g/mol. The summed E-state index contributed by atoms with van der Waals surface area (Å²) in [5.41, 5.74) is 0. The first-order chi connectivity index (χ1) is 6.60. The first-order valence-electron chi connectivity index (χ1n) is 3.79. The zero-order valence-corrected chi connectivity index (χ0v) is 11.2. The van der Waals surface area contributed by atoms with Crippen LogP contribution in [-0.2, 0) is 13.6 Å². The predicted octanol–water partition coefficient (Wildman–Crippen LogP) is 3.10. The molecule has 0 bridgehead atoms. The van der Waals surface area contributed by atoms with Gasteiger partial charge in [-0.1, -0.05) is 0 Å². The van der Waals surface area contributed by atoms with E-state index in [2.05, 4.69) is 0 Å². The van der Waals surface area contributed by atoms with Crippen LogP contribution < -0.4 is 0 Å². The van der Waals surface area contributed by atoms with Crippen molar-refractivity contribution in [3.63, 3.8) is 0 Å². The molecule has 0 amide bonds. The summed E-state index contributed by atoms with van der Waals surface area (Å²) in [6, 6.07) is 0. The molecule has 0 saturated carbocycles. The molecule has 0 radical (unpaired) electrons. The Bertz CT molecular complexity index is 155. The van der Waals surface area contributed by atoms with Crippen LogP contribution in [0, 0.1) is 0 Å². The number of hydrogen-bond donors (Lipinski definition) is 0. The third-order valence-corrected chi connectivity index (χ3v) is 3.53. The van der Waals surface area contributed by atoms with Crippen LogP contribution in [0.4, 0.5) is 0 Å². The number of alkyl halides is 4. The molecular weight excluding hydrogens is 293 g/mol. The molecule has 0 N–H and O–H groups in total. The molecule has 0 aromatic heterocycles. The van der Waals surface area contributed by atoms with Gasteiger partial charge in [-0.2, -0.15) is 0 Å². The van der Waals surface area contributed by atoms with Gasteiger partial charge in [0.15, 0.2) is 0 Å². The third kappa shape index (κ3) is 8.60. The second-order valence-corrected chi connectivity index (χ2v) is 5.30. The Balaban J connectivity index is 3.46. The molecule has 0 aliphatic heterocycles. The number of hydrogen-bond acceptors (Lipinski definition) is 3. The lowest BCUT2D eigenvalue weighted by molar-refractivity contribution is 0.229. The van der Waals surface area contributed by atoms with Crippen LogP contribution >= 0.6 is 54.7 Å². The first-order valence-corrected chi connectivity index (χ1v) is 6.96. The Morgan fingerprint density at radius 1 is 1.00 bits per heavy atom. The highest BCUT2D eigenvalue weighted by Gasteiger charge is 2.09. The van der Waals surface area contributed by atoms with Crippen LogP contribution in [0.1, 0.15) is 0 Å². The highest BCUT2D eigenvalue weighted by molar-refractivity contribution is 7.33. The molecule has 3 nitrogen and oxygen atoms in total. The standard InChI is InChI=1S/C6H11Cl4O3P/c7-1-5(9)3-12-14(11)13-4-6(10)2-8/h5-6,14H,1-4H2.